The molecule has 0 heterocycles. The van der Waals surface area contributed by atoms with Crippen LogP contribution in [-0.2, 0) is 0 Å². The Balaban J connectivity index is 2.31. The molecule has 7 heteroatoms. The summed E-state index contributed by atoms with van der Waals surface area (Å²) in [5.74, 6) is -0.438. The third kappa shape index (κ3) is 5.88. The number of hydrogen-bond acceptors (Lipinski definition) is 5. The standard InChI is InChI=1S/C22H29N3O4/c1-3-5-13-28-17-11-7-9-15(23)19(17)22(27)25-16-10-8-12-18(20(16)21(24)26)29-14-6-4-2/h7-12H,3-6,13-14,23H2,1-2H3,(H2,24,26)(H,25,27). The van der Waals surface area contributed by atoms with Gasteiger partial charge in [0.2, 0.25) is 0 Å². The Labute approximate surface area is 171 Å². The summed E-state index contributed by atoms with van der Waals surface area (Å²) in [5.41, 5.74) is 12.5. The Morgan fingerprint density at radius 2 is 1.45 bits per heavy atom. The molecule has 0 unspecified atom stereocenters. The normalized spacial score (nSPS) is 10.4. The molecule has 0 fully saturated rings. The van der Waals surface area contributed by atoms with Gasteiger partial charge in [0.05, 0.1) is 18.9 Å². The van der Waals surface area contributed by atoms with Gasteiger partial charge in [-0.25, -0.2) is 0 Å². The first kappa shape index (κ1) is 22.1. The Kier molecular flexibility index (Phi) is 8.33. The summed E-state index contributed by atoms with van der Waals surface area (Å²) in [6, 6.07) is 9.99. The number of carbonyl (C=O) groups is 2. The Bertz CT molecular complexity index is 852. The van der Waals surface area contributed by atoms with Crippen LogP contribution in [0.3, 0.4) is 0 Å². The fourth-order valence-corrected chi connectivity index (χ4v) is 2.76. The van der Waals surface area contributed by atoms with Crippen molar-refractivity contribution in [3.63, 3.8) is 0 Å². The predicted octanol–water partition coefficient (Wildman–Crippen LogP) is 3.98. The molecule has 0 spiro atoms. The fraction of sp³-hybridized carbons (Fsp3) is 0.364. The van der Waals surface area contributed by atoms with E-state index in [1.165, 1.54) is 0 Å². The monoisotopic (exact) mass is 399 g/mol. The van der Waals surface area contributed by atoms with Crippen molar-refractivity contribution in [1.82, 2.24) is 0 Å². The highest BCUT2D eigenvalue weighted by molar-refractivity contribution is 6.13. The van der Waals surface area contributed by atoms with Gasteiger partial charge in [0.15, 0.2) is 0 Å². The minimum absolute atomic E-state index is 0.125. The SMILES string of the molecule is CCCCOc1cccc(N)c1C(=O)Nc1cccc(OCCCC)c1C(N)=O. The van der Waals surface area contributed by atoms with Crippen LogP contribution in [0.5, 0.6) is 11.5 Å². The van der Waals surface area contributed by atoms with Crippen molar-refractivity contribution < 1.29 is 19.1 Å². The molecule has 2 rings (SSSR count). The Hall–Kier alpha value is -3.22. The summed E-state index contributed by atoms with van der Waals surface area (Å²) in [4.78, 5) is 25.0. The van der Waals surface area contributed by atoms with Gasteiger partial charge in [0.25, 0.3) is 11.8 Å². The van der Waals surface area contributed by atoms with E-state index >= 15 is 0 Å². The second-order valence-electron chi connectivity index (χ2n) is 6.62. The second-order valence-corrected chi connectivity index (χ2v) is 6.62. The zero-order valence-electron chi connectivity index (χ0n) is 17.0. The second kappa shape index (κ2) is 10.9. The maximum atomic E-state index is 13.0. The van der Waals surface area contributed by atoms with Gasteiger partial charge in [0, 0.05) is 5.69 Å². The molecule has 0 bridgehead atoms. The minimum Gasteiger partial charge on any atom is -0.493 e. The summed E-state index contributed by atoms with van der Waals surface area (Å²) < 4.78 is 11.4. The van der Waals surface area contributed by atoms with E-state index in [0.29, 0.717) is 24.7 Å². The fourth-order valence-electron chi connectivity index (χ4n) is 2.76. The largest absolute Gasteiger partial charge is 0.493 e. The number of amides is 2. The van der Waals surface area contributed by atoms with Gasteiger partial charge < -0.3 is 26.3 Å². The van der Waals surface area contributed by atoms with E-state index in [-0.39, 0.29) is 22.5 Å². The van der Waals surface area contributed by atoms with E-state index in [1.54, 1.807) is 36.4 Å². The molecule has 0 radical (unpaired) electrons. The average molecular weight is 399 g/mol. The molecule has 0 atom stereocenters. The number of hydrogen-bond donors (Lipinski definition) is 3. The molecular weight excluding hydrogens is 370 g/mol. The van der Waals surface area contributed by atoms with E-state index in [0.717, 1.165) is 25.7 Å². The van der Waals surface area contributed by atoms with Crippen molar-refractivity contribution in [3.8, 4) is 11.5 Å². The lowest BCUT2D eigenvalue weighted by Crippen LogP contribution is -2.21. The molecule has 0 aromatic heterocycles. The van der Waals surface area contributed by atoms with Crippen LogP contribution in [0.1, 0.15) is 60.2 Å². The lowest BCUT2D eigenvalue weighted by atomic mass is 10.1. The number of anilines is 2. The lowest BCUT2D eigenvalue weighted by Gasteiger charge is -2.16. The molecule has 7 nitrogen and oxygen atoms in total. The molecule has 2 aromatic rings. The van der Waals surface area contributed by atoms with E-state index in [2.05, 4.69) is 12.2 Å². The van der Waals surface area contributed by atoms with E-state index in [4.69, 9.17) is 20.9 Å². The molecular formula is C22H29N3O4. The molecule has 5 N–H and O–H groups in total. The lowest BCUT2D eigenvalue weighted by molar-refractivity contribution is 0.0997. The van der Waals surface area contributed by atoms with E-state index in [9.17, 15) is 9.59 Å². The zero-order chi connectivity index (χ0) is 21.2. The number of nitrogen functional groups attached to an aromatic ring is 1. The molecule has 2 aromatic carbocycles. The van der Waals surface area contributed by atoms with Gasteiger partial charge in [-0.1, -0.05) is 38.8 Å². The first-order chi connectivity index (χ1) is 14.0. The van der Waals surface area contributed by atoms with Crippen molar-refractivity contribution in [2.24, 2.45) is 5.73 Å². The molecule has 2 amide bonds. The molecule has 0 saturated carbocycles. The van der Waals surface area contributed by atoms with Gasteiger partial charge in [-0.3, -0.25) is 9.59 Å². The summed E-state index contributed by atoms with van der Waals surface area (Å²) in [6.45, 7) is 5.03. The Morgan fingerprint density at radius 1 is 0.897 bits per heavy atom. The number of nitrogens with two attached hydrogens (primary N) is 2. The summed E-state index contributed by atoms with van der Waals surface area (Å²) in [5, 5.41) is 2.73. The van der Waals surface area contributed by atoms with Crippen LogP contribution in [0.2, 0.25) is 0 Å². The number of unbranched alkanes of at least 4 members (excludes halogenated alkanes) is 2. The van der Waals surface area contributed by atoms with Crippen LogP contribution in [0, 0.1) is 0 Å². The van der Waals surface area contributed by atoms with Crippen LogP contribution < -0.4 is 26.3 Å². The van der Waals surface area contributed by atoms with Crippen LogP contribution in [-0.4, -0.2) is 25.0 Å². The number of benzene rings is 2. The van der Waals surface area contributed by atoms with E-state index < -0.39 is 11.8 Å². The number of ether oxygens (including phenoxy) is 2. The molecule has 0 saturated heterocycles. The first-order valence-corrected chi connectivity index (χ1v) is 9.87. The van der Waals surface area contributed by atoms with Gasteiger partial charge in [-0.05, 0) is 37.1 Å². The van der Waals surface area contributed by atoms with Crippen LogP contribution in [0.15, 0.2) is 36.4 Å². The zero-order valence-corrected chi connectivity index (χ0v) is 17.0. The minimum atomic E-state index is -0.687. The quantitative estimate of drug-likeness (QED) is 0.390. The summed E-state index contributed by atoms with van der Waals surface area (Å²) >= 11 is 0. The van der Waals surface area contributed by atoms with Crippen molar-refractivity contribution in [2.75, 3.05) is 24.3 Å². The van der Waals surface area contributed by atoms with Crippen molar-refractivity contribution in [3.05, 3.63) is 47.5 Å². The highest BCUT2D eigenvalue weighted by Gasteiger charge is 2.21. The third-order valence-electron chi connectivity index (χ3n) is 4.32. The smallest absolute Gasteiger partial charge is 0.261 e. The highest BCUT2D eigenvalue weighted by atomic mass is 16.5. The van der Waals surface area contributed by atoms with Gasteiger partial charge in [-0.2, -0.15) is 0 Å². The molecule has 29 heavy (non-hydrogen) atoms. The van der Waals surface area contributed by atoms with Crippen molar-refractivity contribution in [2.45, 2.75) is 39.5 Å². The maximum Gasteiger partial charge on any atom is 0.261 e. The van der Waals surface area contributed by atoms with Crippen LogP contribution in [0.4, 0.5) is 11.4 Å². The van der Waals surface area contributed by atoms with Gasteiger partial charge in [-0.15, -0.1) is 0 Å². The molecule has 156 valence electrons. The number of primary amides is 1. The Morgan fingerprint density at radius 3 is 2.00 bits per heavy atom. The summed E-state index contributed by atoms with van der Waals surface area (Å²) in [6.07, 6.45) is 3.62. The van der Waals surface area contributed by atoms with E-state index in [1.807, 2.05) is 6.92 Å². The number of carbonyl (C=O) groups excluding carboxylic acids is 2. The van der Waals surface area contributed by atoms with Crippen LogP contribution in [0.25, 0.3) is 0 Å². The summed E-state index contributed by atoms with van der Waals surface area (Å²) in [7, 11) is 0. The number of rotatable bonds is 11. The van der Waals surface area contributed by atoms with Crippen LogP contribution >= 0.6 is 0 Å². The van der Waals surface area contributed by atoms with Crippen molar-refractivity contribution >= 4 is 23.2 Å². The molecule has 0 aliphatic carbocycles. The molecule has 0 aliphatic rings. The predicted molar refractivity (Wildman–Crippen MR) is 115 cm³/mol. The van der Waals surface area contributed by atoms with Gasteiger partial charge in [0.1, 0.15) is 22.6 Å². The first-order valence-electron chi connectivity index (χ1n) is 9.87. The van der Waals surface area contributed by atoms with Gasteiger partial charge >= 0.3 is 0 Å². The highest BCUT2D eigenvalue weighted by Crippen LogP contribution is 2.30. The maximum absolute atomic E-state index is 13.0. The molecule has 0 aliphatic heterocycles. The van der Waals surface area contributed by atoms with Crippen molar-refractivity contribution in [1.29, 1.82) is 0 Å². The number of nitrogens with one attached hydrogen (secondary N) is 1. The topological polar surface area (TPSA) is 117 Å². The average Bonchev–Trinajstić information content (AvgIpc) is 2.68. The third-order valence-corrected chi connectivity index (χ3v) is 4.32.